The van der Waals surface area contributed by atoms with Gasteiger partial charge in [0.2, 0.25) is 10.0 Å². The summed E-state index contributed by atoms with van der Waals surface area (Å²) in [5.41, 5.74) is 5.38. The minimum atomic E-state index is -3.71. The van der Waals surface area contributed by atoms with E-state index >= 15 is 0 Å². The van der Waals surface area contributed by atoms with E-state index in [0.717, 1.165) is 0 Å². The maximum atomic E-state index is 11.9. The van der Waals surface area contributed by atoms with Crippen molar-refractivity contribution in [1.82, 2.24) is 4.72 Å². The number of hydrogen-bond acceptors (Lipinski definition) is 5. The van der Waals surface area contributed by atoms with Crippen LogP contribution in [-0.4, -0.2) is 38.8 Å². The van der Waals surface area contributed by atoms with E-state index < -0.39 is 21.7 Å². The highest BCUT2D eigenvalue weighted by atomic mass is 32.2. The number of hydrogen-bond donors (Lipinski definition) is 2. The van der Waals surface area contributed by atoms with Gasteiger partial charge < -0.3 is 10.5 Å². The van der Waals surface area contributed by atoms with E-state index in [2.05, 4.69) is 9.46 Å². The second-order valence-electron chi connectivity index (χ2n) is 6.24. The zero-order valence-corrected chi connectivity index (χ0v) is 13.0. The van der Waals surface area contributed by atoms with Crippen molar-refractivity contribution in [3.05, 3.63) is 0 Å². The molecule has 1 aliphatic rings. The molecule has 0 atom stereocenters. The fraction of sp³-hybridized carbons (Fsp3) is 0.917. The fourth-order valence-corrected chi connectivity index (χ4v) is 4.51. The highest BCUT2D eigenvalue weighted by Crippen LogP contribution is 2.52. The third-order valence-corrected chi connectivity index (χ3v) is 5.21. The quantitative estimate of drug-likeness (QED) is 0.707. The zero-order valence-electron chi connectivity index (χ0n) is 12.2. The summed E-state index contributed by atoms with van der Waals surface area (Å²) in [6.45, 7) is 9.47. The molecular weight excluding hydrogens is 268 g/mol. The molecule has 0 heterocycles. The smallest absolute Gasteiger partial charge is 0.322 e. The van der Waals surface area contributed by atoms with Crippen LogP contribution in [0.4, 0.5) is 0 Å². The number of ether oxygens (including phenoxy) is 1. The van der Waals surface area contributed by atoms with Gasteiger partial charge in [-0.25, -0.2) is 13.1 Å². The van der Waals surface area contributed by atoms with Crippen LogP contribution in [0.5, 0.6) is 0 Å². The largest absolute Gasteiger partial charge is 0.465 e. The molecule has 0 amide bonds. The molecule has 0 aromatic rings. The predicted molar refractivity (Wildman–Crippen MR) is 72.9 cm³/mol. The summed E-state index contributed by atoms with van der Waals surface area (Å²) in [4.78, 5) is 11.3. The molecule has 1 aliphatic carbocycles. The summed E-state index contributed by atoms with van der Waals surface area (Å²) in [6.07, 6.45) is 0. The molecule has 1 rings (SSSR count). The van der Waals surface area contributed by atoms with Crippen LogP contribution >= 0.6 is 0 Å². The molecule has 0 radical (unpaired) electrons. The Labute approximate surface area is 115 Å². The van der Waals surface area contributed by atoms with E-state index in [1.807, 2.05) is 27.7 Å². The maximum absolute atomic E-state index is 11.9. The van der Waals surface area contributed by atoms with Crippen LogP contribution in [0.3, 0.4) is 0 Å². The van der Waals surface area contributed by atoms with Gasteiger partial charge in [-0.3, -0.25) is 4.79 Å². The molecular formula is C12H24N2O4S. The number of esters is 1. The number of sulfonamides is 1. The van der Waals surface area contributed by atoms with Crippen molar-refractivity contribution in [3.63, 3.8) is 0 Å². The Bertz CT molecular complexity index is 440. The van der Waals surface area contributed by atoms with Gasteiger partial charge in [0, 0.05) is 12.1 Å². The van der Waals surface area contributed by atoms with Crippen LogP contribution < -0.4 is 10.5 Å². The Kier molecular flexibility index (Phi) is 4.34. The van der Waals surface area contributed by atoms with Crippen LogP contribution in [0.1, 0.15) is 34.6 Å². The van der Waals surface area contributed by atoms with Crippen molar-refractivity contribution < 1.29 is 17.9 Å². The van der Waals surface area contributed by atoms with Crippen molar-refractivity contribution in [1.29, 1.82) is 0 Å². The second kappa shape index (κ2) is 5.03. The van der Waals surface area contributed by atoms with Gasteiger partial charge in [0.15, 0.2) is 5.75 Å². The van der Waals surface area contributed by atoms with Gasteiger partial charge in [-0.2, -0.15) is 0 Å². The lowest BCUT2D eigenvalue weighted by atomic mass is 9.49. The average molecular weight is 292 g/mol. The van der Waals surface area contributed by atoms with Gasteiger partial charge in [-0.1, -0.05) is 27.7 Å². The Morgan fingerprint density at radius 3 is 2.16 bits per heavy atom. The fourth-order valence-electron chi connectivity index (χ4n) is 3.06. The molecule has 7 heteroatoms. The molecule has 112 valence electrons. The van der Waals surface area contributed by atoms with Crippen molar-refractivity contribution >= 4 is 16.0 Å². The van der Waals surface area contributed by atoms with Crippen molar-refractivity contribution in [2.45, 2.75) is 46.7 Å². The summed E-state index contributed by atoms with van der Waals surface area (Å²) < 4.78 is 31.1. The lowest BCUT2D eigenvalue weighted by Crippen LogP contribution is -2.76. The van der Waals surface area contributed by atoms with E-state index in [4.69, 9.17) is 5.73 Å². The van der Waals surface area contributed by atoms with Crippen LogP contribution in [-0.2, 0) is 19.6 Å². The van der Waals surface area contributed by atoms with E-state index in [-0.39, 0.29) is 29.5 Å². The van der Waals surface area contributed by atoms with Crippen LogP contribution in [0.15, 0.2) is 0 Å². The van der Waals surface area contributed by atoms with Gasteiger partial charge in [0.05, 0.1) is 6.61 Å². The Balaban J connectivity index is 2.77. The first-order valence-corrected chi connectivity index (χ1v) is 8.01. The van der Waals surface area contributed by atoms with Crippen LogP contribution in [0, 0.1) is 10.8 Å². The Hall–Kier alpha value is -0.660. The molecule has 0 aromatic carbocycles. The third-order valence-electron chi connectivity index (χ3n) is 4.00. The standard InChI is InChI=1S/C12H24N2O4S/c1-6-18-8(15)7-19(16,17)14-10-11(2,3)9(13)12(10,4)5/h9-10,14H,6-7,13H2,1-5H3. The molecule has 0 spiro atoms. The molecule has 1 saturated carbocycles. The summed E-state index contributed by atoms with van der Waals surface area (Å²) in [6, 6.07) is -0.398. The first-order valence-electron chi connectivity index (χ1n) is 6.36. The SMILES string of the molecule is CCOC(=O)CS(=O)(=O)NC1C(C)(C)C(N)C1(C)C. The molecule has 0 aromatic heterocycles. The topological polar surface area (TPSA) is 98.5 Å². The lowest BCUT2D eigenvalue weighted by Gasteiger charge is -2.62. The average Bonchev–Trinajstić information content (AvgIpc) is 2.24. The molecule has 0 saturated heterocycles. The highest BCUT2D eigenvalue weighted by Gasteiger charge is 2.61. The van der Waals surface area contributed by atoms with Crippen LogP contribution in [0.25, 0.3) is 0 Å². The molecule has 0 aliphatic heterocycles. The van der Waals surface area contributed by atoms with Crippen molar-refractivity contribution in [2.75, 3.05) is 12.4 Å². The normalized spacial score (nSPS) is 28.5. The van der Waals surface area contributed by atoms with Gasteiger partial charge in [-0.05, 0) is 17.8 Å². The second-order valence-corrected chi connectivity index (χ2v) is 7.99. The predicted octanol–water partition coefficient (Wildman–Crippen LogP) is 0.231. The Morgan fingerprint density at radius 1 is 1.26 bits per heavy atom. The minimum Gasteiger partial charge on any atom is -0.465 e. The highest BCUT2D eigenvalue weighted by molar-refractivity contribution is 7.90. The summed E-state index contributed by atoms with van der Waals surface area (Å²) >= 11 is 0. The summed E-state index contributed by atoms with van der Waals surface area (Å²) in [7, 11) is -3.71. The summed E-state index contributed by atoms with van der Waals surface area (Å²) in [5.74, 6) is -1.40. The first-order chi connectivity index (χ1) is 8.45. The lowest BCUT2D eigenvalue weighted by molar-refractivity contribution is -0.140. The molecule has 19 heavy (non-hydrogen) atoms. The van der Waals surface area contributed by atoms with Crippen molar-refractivity contribution in [2.24, 2.45) is 16.6 Å². The number of nitrogens with two attached hydrogens (primary N) is 1. The maximum Gasteiger partial charge on any atom is 0.322 e. The Morgan fingerprint density at radius 2 is 1.74 bits per heavy atom. The van der Waals surface area contributed by atoms with E-state index in [1.165, 1.54) is 0 Å². The zero-order chi connectivity index (χ0) is 15.1. The number of nitrogens with one attached hydrogen (secondary N) is 1. The molecule has 6 nitrogen and oxygen atoms in total. The van der Waals surface area contributed by atoms with E-state index in [1.54, 1.807) is 6.92 Å². The van der Waals surface area contributed by atoms with E-state index in [9.17, 15) is 13.2 Å². The molecule has 0 unspecified atom stereocenters. The van der Waals surface area contributed by atoms with E-state index in [0.29, 0.717) is 0 Å². The molecule has 3 N–H and O–H groups in total. The van der Waals surface area contributed by atoms with Gasteiger partial charge in [-0.15, -0.1) is 0 Å². The third kappa shape index (κ3) is 3.09. The van der Waals surface area contributed by atoms with Gasteiger partial charge in [0.1, 0.15) is 0 Å². The molecule has 0 bridgehead atoms. The van der Waals surface area contributed by atoms with Crippen LogP contribution in [0.2, 0.25) is 0 Å². The number of carbonyl (C=O) groups excluding carboxylic acids is 1. The van der Waals surface area contributed by atoms with Gasteiger partial charge in [0.25, 0.3) is 0 Å². The minimum absolute atomic E-state index is 0.102. The van der Waals surface area contributed by atoms with Crippen molar-refractivity contribution in [3.8, 4) is 0 Å². The molecule has 1 fully saturated rings. The number of carbonyl (C=O) groups is 1. The van der Waals surface area contributed by atoms with Gasteiger partial charge >= 0.3 is 5.97 Å². The monoisotopic (exact) mass is 292 g/mol. The number of rotatable bonds is 5. The first kappa shape index (κ1) is 16.4. The summed E-state index contributed by atoms with van der Waals surface area (Å²) in [5, 5.41) is 0.